The lowest BCUT2D eigenvalue weighted by Crippen LogP contribution is -2.46. The van der Waals surface area contributed by atoms with Crippen molar-refractivity contribution in [3.63, 3.8) is 0 Å². The SMILES string of the molecule is C[C@@H]1CN(c2ncc(Cl)cc2Br)C[C@H](C)O1. The number of hydrogen-bond acceptors (Lipinski definition) is 3. The minimum atomic E-state index is 0.230. The number of halogens is 2. The Balaban J connectivity index is 2.23. The molecule has 0 unspecified atom stereocenters. The maximum absolute atomic E-state index is 5.88. The molecule has 0 aromatic carbocycles. The minimum Gasteiger partial charge on any atom is -0.372 e. The van der Waals surface area contributed by atoms with E-state index in [-0.39, 0.29) is 12.2 Å². The molecule has 0 amide bonds. The van der Waals surface area contributed by atoms with Crippen LogP contribution in [0.3, 0.4) is 0 Å². The number of pyridine rings is 1. The Morgan fingerprint density at radius 2 is 2.06 bits per heavy atom. The number of nitrogens with zero attached hydrogens (tertiary/aromatic N) is 2. The zero-order valence-corrected chi connectivity index (χ0v) is 11.6. The smallest absolute Gasteiger partial charge is 0.143 e. The second kappa shape index (κ2) is 4.90. The maximum atomic E-state index is 5.88. The fraction of sp³-hybridized carbons (Fsp3) is 0.545. The summed E-state index contributed by atoms with van der Waals surface area (Å²) < 4.78 is 6.62. The lowest BCUT2D eigenvalue weighted by atomic mass is 10.2. The first-order valence-corrected chi connectivity index (χ1v) is 6.45. The summed E-state index contributed by atoms with van der Waals surface area (Å²) in [5.74, 6) is 0.936. The van der Waals surface area contributed by atoms with Crippen LogP contribution in [0.2, 0.25) is 5.02 Å². The maximum Gasteiger partial charge on any atom is 0.143 e. The van der Waals surface area contributed by atoms with Gasteiger partial charge in [-0.3, -0.25) is 0 Å². The highest BCUT2D eigenvalue weighted by atomic mass is 79.9. The van der Waals surface area contributed by atoms with E-state index in [4.69, 9.17) is 16.3 Å². The Labute approximate surface area is 109 Å². The zero-order valence-electron chi connectivity index (χ0n) is 9.28. The first kappa shape index (κ1) is 12.1. The summed E-state index contributed by atoms with van der Waals surface area (Å²) in [4.78, 5) is 6.58. The molecule has 88 valence electrons. The summed E-state index contributed by atoms with van der Waals surface area (Å²) in [5.41, 5.74) is 0. The molecule has 1 aromatic rings. The average molecular weight is 306 g/mol. The van der Waals surface area contributed by atoms with Crippen molar-refractivity contribution in [2.45, 2.75) is 26.1 Å². The molecule has 2 rings (SSSR count). The van der Waals surface area contributed by atoms with Gasteiger partial charge in [0.05, 0.1) is 21.7 Å². The molecule has 1 fully saturated rings. The van der Waals surface area contributed by atoms with Gasteiger partial charge in [0.25, 0.3) is 0 Å². The fourth-order valence-corrected chi connectivity index (χ4v) is 2.88. The van der Waals surface area contributed by atoms with Gasteiger partial charge in [-0.25, -0.2) is 4.98 Å². The summed E-state index contributed by atoms with van der Waals surface area (Å²) in [7, 11) is 0. The van der Waals surface area contributed by atoms with Gasteiger partial charge in [0.15, 0.2) is 0 Å². The van der Waals surface area contributed by atoms with Gasteiger partial charge in [0.1, 0.15) is 5.82 Å². The van der Waals surface area contributed by atoms with Crippen LogP contribution in [0.5, 0.6) is 0 Å². The van der Waals surface area contributed by atoms with E-state index in [9.17, 15) is 0 Å². The van der Waals surface area contributed by atoms with Crippen LogP contribution in [0.15, 0.2) is 16.7 Å². The second-order valence-electron chi connectivity index (χ2n) is 4.12. The van der Waals surface area contributed by atoms with E-state index in [1.54, 1.807) is 6.20 Å². The monoisotopic (exact) mass is 304 g/mol. The first-order chi connectivity index (χ1) is 7.56. The van der Waals surface area contributed by atoms with Gasteiger partial charge in [-0.1, -0.05) is 11.6 Å². The molecular formula is C11H14BrClN2O. The van der Waals surface area contributed by atoms with Crippen LogP contribution >= 0.6 is 27.5 Å². The van der Waals surface area contributed by atoms with Crippen LogP contribution in [0.1, 0.15) is 13.8 Å². The number of rotatable bonds is 1. The van der Waals surface area contributed by atoms with Crippen molar-refractivity contribution in [2.24, 2.45) is 0 Å². The molecule has 0 bridgehead atoms. The van der Waals surface area contributed by atoms with Gasteiger partial charge in [-0.2, -0.15) is 0 Å². The van der Waals surface area contributed by atoms with E-state index >= 15 is 0 Å². The molecule has 1 aliphatic heterocycles. The molecule has 2 atom stereocenters. The first-order valence-electron chi connectivity index (χ1n) is 5.27. The lowest BCUT2D eigenvalue weighted by molar-refractivity contribution is -0.00549. The Morgan fingerprint density at radius 1 is 1.44 bits per heavy atom. The number of hydrogen-bond donors (Lipinski definition) is 0. The van der Waals surface area contributed by atoms with Crippen molar-refractivity contribution in [3.05, 3.63) is 21.8 Å². The summed E-state index contributed by atoms with van der Waals surface area (Å²) in [5, 5.41) is 0.644. The molecule has 1 saturated heterocycles. The molecule has 5 heteroatoms. The molecule has 3 nitrogen and oxygen atoms in total. The van der Waals surface area contributed by atoms with Crippen molar-refractivity contribution >= 4 is 33.3 Å². The molecule has 1 aliphatic rings. The van der Waals surface area contributed by atoms with Gasteiger partial charge >= 0.3 is 0 Å². The number of morpholine rings is 1. The van der Waals surface area contributed by atoms with E-state index in [2.05, 4.69) is 39.7 Å². The second-order valence-corrected chi connectivity index (χ2v) is 5.41. The Morgan fingerprint density at radius 3 is 2.62 bits per heavy atom. The van der Waals surface area contributed by atoms with Gasteiger partial charge in [0, 0.05) is 19.3 Å². The van der Waals surface area contributed by atoms with E-state index in [1.165, 1.54) is 0 Å². The van der Waals surface area contributed by atoms with Crippen LogP contribution in [-0.2, 0) is 4.74 Å². The van der Waals surface area contributed by atoms with Crippen molar-refractivity contribution in [3.8, 4) is 0 Å². The topological polar surface area (TPSA) is 25.4 Å². The quantitative estimate of drug-likeness (QED) is 0.797. The summed E-state index contributed by atoms with van der Waals surface area (Å²) in [6, 6.07) is 1.87. The third-order valence-electron chi connectivity index (χ3n) is 2.51. The lowest BCUT2D eigenvalue weighted by Gasteiger charge is -2.36. The highest BCUT2D eigenvalue weighted by molar-refractivity contribution is 9.10. The number of anilines is 1. The summed E-state index contributed by atoms with van der Waals surface area (Å²) in [6.45, 7) is 5.87. The normalized spacial score (nSPS) is 25.9. The summed E-state index contributed by atoms with van der Waals surface area (Å²) >= 11 is 9.37. The van der Waals surface area contributed by atoms with Crippen LogP contribution in [0, 0.1) is 0 Å². The predicted octanol–water partition coefficient (Wildman–Crippen LogP) is 3.11. The summed E-state index contributed by atoms with van der Waals surface area (Å²) in [6.07, 6.45) is 2.13. The highest BCUT2D eigenvalue weighted by Crippen LogP contribution is 2.28. The molecular weight excluding hydrogens is 291 g/mol. The van der Waals surface area contributed by atoms with Crippen molar-refractivity contribution in [1.29, 1.82) is 0 Å². The van der Waals surface area contributed by atoms with Gasteiger partial charge in [0.2, 0.25) is 0 Å². The van der Waals surface area contributed by atoms with Crippen molar-refractivity contribution in [1.82, 2.24) is 4.98 Å². The third-order valence-corrected chi connectivity index (χ3v) is 3.30. The molecule has 0 aliphatic carbocycles. The van der Waals surface area contributed by atoms with Crippen LogP contribution in [0.25, 0.3) is 0 Å². The van der Waals surface area contributed by atoms with E-state index in [1.807, 2.05) is 6.07 Å². The molecule has 2 heterocycles. The van der Waals surface area contributed by atoms with Gasteiger partial charge < -0.3 is 9.64 Å². The van der Waals surface area contributed by atoms with E-state index in [0.717, 1.165) is 23.4 Å². The largest absolute Gasteiger partial charge is 0.372 e. The van der Waals surface area contributed by atoms with E-state index in [0.29, 0.717) is 5.02 Å². The van der Waals surface area contributed by atoms with E-state index < -0.39 is 0 Å². The molecule has 1 aromatic heterocycles. The number of ether oxygens (including phenoxy) is 1. The van der Waals surface area contributed by atoms with Gasteiger partial charge in [-0.05, 0) is 35.8 Å². The molecule has 0 radical (unpaired) electrons. The Kier molecular flexibility index (Phi) is 3.72. The molecule has 0 saturated carbocycles. The molecule has 16 heavy (non-hydrogen) atoms. The standard InChI is InChI=1S/C11H14BrClN2O/c1-7-5-15(6-8(2)16-7)11-10(12)3-9(13)4-14-11/h3-4,7-8H,5-6H2,1-2H3/t7-,8+. The van der Waals surface area contributed by atoms with Gasteiger partial charge in [-0.15, -0.1) is 0 Å². The molecule has 0 N–H and O–H groups in total. The molecule has 0 spiro atoms. The predicted molar refractivity (Wildman–Crippen MR) is 69.2 cm³/mol. The Bertz CT molecular complexity index is 378. The number of aromatic nitrogens is 1. The fourth-order valence-electron chi connectivity index (χ4n) is 1.99. The minimum absolute atomic E-state index is 0.230. The highest BCUT2D eigenvalue weighted by Gasteiger charge is 2.24. The van der Waals surface area contributed by atoms with Crippen molar-refractivity contribution in [2.75, 3.05) is 18.0 Å². The van der Waals surface area contributed by atoms with Crippen LogP contribution < -0.4 is 4.90 Å². The van der Waals surface area contributed by atoms with Crippen LogP contribution in [0.4, 0.5) is 5.82 Å². The van der Waals surface area contributed by atoms with Crippen LogP contribution in [-0.4, -0.2) is 30.3 Å². The Hall–Kier alpha value is -0.320. The average Bonchev–Trinajstić information content (AvgIpc) is 2.15. The zero-order chi connectivity index (χ0) is 11.7. The third kappa shape index (κ3) is 2.67. The van der Waals surface area contributed by atoms with Crippen molar-refractivity contribution < 1.29 is 4.74 Å².